The van der Waals surface area contributed by atoms with Crippen LogP contribution < -0.4 is 19.4 Å². The summed E-state index contributed by atoms with van der Waals surface area (Å²) in [5.41, 5.74) is 1.47. The molecule has 193 valence electrons. The summed E-state index contributed by atoms with van der Waals surface area (Å²) in [5.74, 6) is 0.869. The van der Waals surface area contributed by atoms with Crippen molar-refractivity contribution in [2.45, 2.75) is 25.3 Å². The van der Waals surface area contributed by atoms with Crippen molar-refractivity contribution < 1.29 is 28.5 Å². The fraction of sp³-hybridized carbons (Fsp3) is 0.462. The highest BCUT2D eigenvalue weighted by Gasteiger charge is 2.42. The lowest BCUT2D eigenvalue weighted by Crippen LogP contribution is -2.35. The Morgan fingerprint density at radius 1 is 0.972 bits per heavy atom. The smallest absolute Gasteiger partial charge is 0.395 e. The second kappa shape index (κ2) is 13.3. The van der Waals surface area contributed by atoms with E-state index in [0.717, 1.165) is 18.5 Å². The number of imide groups is 1. The number of benzene rings is 2. The van der Waals surface area contributed by atoms with Crippen molar-refractivity contribution in [2.75, 3.05) is 55.1 Å². The van der Waals surface area contributed by atoms with E-state index in [1.54, 1.807) is 45.6 Å². The summed E-state index contributed by atoms with van der Waals surface area (Å²) in [6.07, 6.45) is 2.05. The summed E-state index contributed by atoms with van der Waals surface area (Å²) in [7, 11) is 10.2. The minimum absolute atomic E-state index is 0.323. The maximum absolute atomic E-state index is 13.7. The van der Waals surface area contributed by atoms with E-state index >= 15 is 0 Å². The lowest BCUT2D eigenvalue weighted by atomic mass is 9.99. The fourth-order valence-electron chi connectivity index (χ4n) is 4.28. The van der Waals surface area contributed by atoms with E-state index in [4.69, 9.17) is 18.9 Å². The molecule has 0 saturated carbocycles. The number of fused-ring (bicyclic) bond motifs is 1. The molecule has 1 atom stereocenters. The van der Waals surface area contributed by atoms with Gasteiger partial charge in [-0.15, -0.1) is 0 Å². The van der Waals surface area contributed by atoms with Gasteiger partial charge in [0.1, 0.15) is 5.75 Å². The van der Waals surface area contributed by atoms with E-state index in [2.05, 4.69) is 10.1 Å². The van der Waals surface area contributed by atoms with Crippen LogP contribution in [0.2, 0.25) is 0 Å². The molecule has 2 aromatic carbocycles. The molecular formula is C26H35BN3O6. The van der Waals surface area contributed by atoms with Crippen LogP contribution >= 0.6 is 0 Å². The van der Waals surface area contributed by atoms with Gasteiger partial charge < -0.3 is 29.0 Å². The van der Waals surface area contributed by atoms with Crippen LogP contribution in [0.4, 0.5) is 0 Å². The number of amides is 2. The Morgan fingerprint density at radius 3 is 2.44 bits per heavy atom. The Morgan fingerprint density at radius 2 is 1.75 bits per heavy atom. The highest BCUT2D eigenvalue weighted by atomic mass is 16.5. The maximum atomic E-state index is 13.7. The van der Waals surface area contributed by atoms with E-state index in [-0.39, 0.29) is 11.8 Å². The second-order valence-corrected chi connectivity index (χ2v) is 8.74. The van der Waals surface area contributed by atoms with Crippen LogP contribution in [0.15, 0.2) is 36.4 Å². The second-order valence-electron chi connectivity index (χ2n) is 8.74. The van der Waals surface area contributed by atoms with Crippen molar-refractivity contribution in [1.82, 2.24) is 15.0 Å². The van der Waals surface area contributed by atoms with E-state index in [1.165, 1.54) is 12.5 Å². The molecule has 1 aliphatic heterocycles. The van der Waals surface area contributed by atoms with Crippen LogP contribution in [0, 0.1) is 0 Å². The third-order valence-electron chi connectivity index (χ3n) is 6.02. The number of hydrogen-bond donors (Lipinski definition) is 1. The maximum Gasteiger partial charge on any atom is 0.395 e. The number of methoxy groups -OCH3 is 2. The molecule has 0 aromatic heterocycles. The third-order valence-corrected chi connectivity index (χ3v) is 6.02. The van der Waals surface area contributed by atoms with Crippen LogP contribution in [0.1, 0.15) is 51.6 Å². The van der Waals surface area contributed by atoms with Gasteiger partial charge in [0.15, 0.2) is 11.5 Å². The average molecular weight is 496 g/mol. The predicted octanol–water partition coefficient (Wildman–Crippen LogP) is 2.92. The summed E-state index contributed by atoms with van der Waals surface area (Å²) in [4.78, 5) is 30.7. The van der Waals surface area contributed by atoms with Crippen molar-refractivity contribution in [3.05, 3.63) is 53.1 Å². The quantitative estimate of drug-likeness (QED) is 0.229. The van der Waals surface area contributed by atoms with Crippen LogP contribution in [0.5, 0.6) is 17.2 Å². The average Bonchev–Trinajstić information content (AvgIpc) is 3.14. The van der Waals surface area contributed by atoms with Crippen molar-refractivity contribution in [2.24, 2.45) is 0 Å². The van der Waals surface area contributed by atoms with Gasteiger partial charge >= 0.3 is 7.62 Å². The highest BCUT2D eigenvalue weighted by Crippen LogP contribution is 2.40. The molecule has 0 spiro atoms. The van der Waals surface area contributed by atoms with E-state index < -0.39 is 6.04 Å². The van der Waals surface area contributed by atoms with Gasteiger partial charge in [0.2, 0.25) is 0 Å². The van der Waals surface area contributed by atoms with Crippen LogP contribution in [-0.4, -0.2) is 84.4 Å². The molecule has 0 bridgehead atoms. The van der Waals surface area contributed by atoms with Crippen molar-refractivity contribution in [1.29, 1.82) is 0 Å². The Bertz CT molecular complexity index is 1050. The Hall–Kier alpha value is -3.08. The molecule has 0 unspecified atom stereocenters. The van der Waals surface area contributed by atoms with Gasteiger partial charge in [-0.25, -0.2) is 0 Å². The van der Waals surface area contributed by atoms with Crippen molar-refractivity contribution in [3.8, 4) is 17.2 Å². The van der Waals surface area contributed by atoms with Crippen LogP contribution in [0.3, 0.4) is 0 Å². The van der Waals surface area contributed by atoms with E-state index in [0.29, 0.717) is 54.4 Å². The lowest BCUT2D eigenvalue weighted by Gasteiger charge is -2.27. The third kappa shape index (κ3) is 6.37. The summed E-state index contributed by atoms with van der Waals surface area (Å²) >= 11 is 0. The van der Waals surface area contributed by atoms with Gasteiger partial charge in [-0.2, -0.15) is 0 Å². The monoisotopic (exact) mass is 496 g/mol. The molecule has 1 aliphatic rings. The summed E-state index contributed by atoms with van der Waals surface area (Å²) in [6.45, 7) is 1.95. The van der Waals surface area contributed by atoms with Crippen molar-refractivity contribution in [3.63, 3.8) is 0 Å². The molecule has 0 saturated heterocycles. The molecule has 1 radical (unpaired) electrons. The summed E-state index contributed by atoms with van der Waals surface area (Å²) in [5, 5.41) is 3.05. The number of ether oxygens (including phenoxy) is 3. The molecule has 0 aliphatic carbocycles. The number of nitrogens with zero attached hydrogens (tertiary/aromatic N) is 2. The van der Waals surface area contributed by atoms with E-state index in [1.807, 2.05) is 26.2 Å². The molecule has 9 nitrogen and oxygen atoms in total. The van der Waals surface area contributed by atoms with E-state index in [9.17, 15) is 9.59 Å². The minimum atomic E-state index is -0.497. The van der Waals surface area contributed by atoms with Gasteiger partial charge in [0.25, 0.3) is 11.8 Å². The predicted molar refractivity (Wildman–Crippen MR) is 138 cm³/mol. The first-order valence-electron chi connectivity index (χ1n) is 12.0. The van der Waals surface area contributed by atoms with Crippen LogP contribution in [-0.2, 0) is 4.65 Å². The summed E-state index contributed by atoms with van der Waals surface area (Å²) in [6, 6.07) is 10.2. The SMILES string of the molecule is CO[B]NCCC[C@H](c1ccc(OC)c(OC)c1)N1C(=O)c2cccc(OCCCN(C)C)c2C1=O. The largest absolute Gasteiger partial charge is 0.493 e. The van der Waals surface area contributed by atoms with Gasteiger partial charge in [-0.3, -0.25) is 14.5 Å². The summed E-state index contributed by atoms with van der Waals surface area (Å²) < 4.78 is 21.7. The molecular weight excluding hydrogens is 461 g/mol. The molecule has 10 heteroatoms. The number of carbonyl (C=O) groups excluding carboxylic acids is 2. The Balaban J connectivity index is 1.90. The standard InChI is InChI=1S/C26H35BN3O6/c1-29(2)15-8-16-36-22-11-6-9-19-24(22)26(32)30(25(19)31)20(10-7-14-28-27-35-5)18-12-13-21(33-3)23(17-18)34-4/h6,9,11-13,17,20,28H,7-8,10,14-16H2,1-5H3/t20-/m1/s1. The first-order valence-corrected chi connectivity index (χ1v) is 12.0. The van der Waals surface area contributed by atoms with Gasteiger partial charge in [-0.1, -0.05) is 12.1 Å². The molecule has 3 rings (SSSR count). The highest BCUT2D eigenvalue weighted by molar-refractivity contribution is 6.23. The van der Waals surface area contributed by atoms with Crippen LogP contribution in [0.25, 0.3) is 0 Å². The zero-order valence-corrected chi connectivity index (χ0v) is 21.7. The zero-order chi connectivity index (χ0) is 26.1. The number of carbonyl (C=O) groups is 2. The fourth-order valence-corrected chi connectivity index (χ4v) is 4.28. The topological polar surface area (TPSA) is 89.6 Å². The molecule has 0 fully saturated rings. The van der Waals surface area contributed by atoms with Gasteiger partial charge in [0.05, 0.1) is 38.0 Å². The lowest BCUT2D eigenvalue weighted by molar-refractivity contribution is 0.0571. The minimum Gasteiger partial charge on any atom is -0.493 e. The number of nitrogens with one attached hydrogen (secondary N) is 1. The normalized spacial score (nSPS) is 13.7. The Kier molecular flexibility index (Phi) is 10.2. The Labute approximate surface area is 213 Å². The first kappa shape index (κ1) is 27.5. The van der Waals surface area contributed by atoms with Gasteiger partial charge in [-0.05, 0) is 69.7 Å². The molecule has 36 heavy (non-hydrogen) atoms. The van der Waals surface area contributed by atoms with Gasteiger partial charge in [0, 0.05) is 13.7 Å². The number of hydrogen-bond acceptors (Lipinski definition) is 8. The molecule has 2 amide bonds. The first-order chi connectivity index (χ1) is 17.4. The molecule has 1 N–H and O–H groups in total. The zero-order valence-electron chi connectivity index (χ0n) is 21.7. The van der Waals surface area contributed by atoms with Crippen molar-refractivity contribution >= 4 is 19.4 Å². The molecule has 1 heterocycles. The number of rotatable bonds is 15. The molecule has 2 aromatic rings.